The van der Waals surface area contributed by atoms with Crippen LogP contribution in [0.25, 0.3) is 0 Å². The van der Waals surface area contributed by atoms with Gasteiger partial charge >= 0.3 is 0 Å². The van der Waals surface area contributed by atoms with Crippen LogP contribution in [0.15, 0.2) is 27.6 Å². The molecule has 0 radical (unpaired) electrons. The van der Waals surface area contributed by atoms with Gasteiger partial charge in [0, 0.05) is 18.2 Å². The quantitative estimate of drug-likeness (QED) is 0.890. The molecule has 3 rings (SSSR count). The van der Waals surface area contributed by atoms with Crippen LogP contribution in [-0.4, -0.2) is 33.3 Å². The van der Waals surface area contributed by atoms with Crippen LogP contribution in [0.5, 0.6) is 11.5 Å². The molecule has 1 aromatic heterocycles. The van der Waals surface area contributed by atoms with E-state index in [1.54, 1.807) is 6.07 Å². The van der Waals surface area contributed by atoms with E-state index in [-0.39, 0.29) is 11.4 Å². The Morgan fingerprint density at radius 2 is 1.91 bits per heavy atom. The zero-order valence-corrected chi connectivity index (χ0v) is 13.8. The van der Waals surface area contributed by atoms with E-state index in [1.165, 1.54) is 12.1 Å². The third-order valence-corrected chi connectivity index (χ3v) is 5.13. The fourth-order valence-electron chi connectivity index (χ4n) is 2.44. The monoisotopic (exact) mass is 338 g/mol. The van der Waals surface area contributed by atoms with Crippen molar-refractivity contribution < 1.29 is 22.4 Å². The number of aromatic nitrogens is 1. The van der Waals surface area contributed by atoms with E-state index in [0.717, 1.165) is 11.3 Å². The molecular weight excluding hydrogens is 320 g/mol. The third-order valence-electron chi connectivity index (χ3n) is 3.67. The van der Waals surface area contributed by atoms with E-state index in [9.17, 15) is 8.42 Å². The van der Waals surface area contributed by atoms with E-state index in [1.807, 2.05) is 13.8 Å². The van der Waals surface area contributed by atoms with Crippen LogP contribution in [-0.2, 0) is 16.4 Å². The van der Waals surface area contributed by atoms with Crippen molar-refractivity contribution in [1.82, 2.24) is 9.88 Å². The molecule has 2 aromatic rings. The Bertz CT molecular complexity index is 794. The number of aryl methyl sites for hydroxylation is 2. The Morgan fingerprint density at radius 3 is 2.61 bits per heavy atom. The number of sulfonamides is 1. The molecule has 0 atom stereocenters. The summed E-state index contributed by atoms with van der Waals surface area (Å²) in [5.41, 5.74) is 1.70. The van der Waals surface area contributed by atoms with Gasteiger partial charge in [-0.1, -0.05) is 5.16 Å². The Labute approximate surface area is 134 Å². The first-order valence-corrected chi connectivity index (χ1v) is 8.77. The molecule has 0 saturated heterocycles. The minimum Gasteiger partial charge on any atom is -0.486 e. The number of rotatable bonds is 5. The lowest BCUT2D eigenvalue weighted by molar-refractivity contribution is 0.171. The van der Waals surface area contributed by atoms with Gasteiger partial charge < -0.3 is 14.0 Å². The molecule has 1 aliphatic heterocycles. The van der Waals surface area contributed by atoms with E-state index in [2.05, 4.69) is 9.88 Å². The fraction of sp³-hybridized carbons (Fsp3) is 0.400. The van der Waals surface area contributed by atoms with Crippen LogP contribution in [0.1, 0.15) is 17.0 Å². The van der Waals surface area contributed by atoms with Crippen molar-refractivity contribution in [2.45, 2.75) is 25.2 Å². The standard InChI is InChI=1S/C15H18N2O5S/c1-10-13(11(2)22-17-10)5-6-16-23(18,19)12-3-4-14-15(9-12)21-8-7-20-14/h3-4,9,16H,5-8H2,1-2H3. The number of ether oxygens (including phenoxy) is 2. The highest BCUT2D eigenvalue weighted by Crippen LogP contribution is 2.32. The van der Waals surface area contributed by atoms with Crippen molar-refractivity contribution in [2.24, 2.45) is 0 Å². The van der Waals surface area contributed by atoms with E-state index >= 15 is 0 Å². The van der Waals surface area contributed by atoms with Crippen LogP contribution in [0.2, 0.25) is 0 Å². The molecule has 0 fully saturated rings. The first-order chi connectivity index (χ1) is 11.0. The summed E-state index contributed by atoms with van der Waals surface area (Å²) in [6.45, 7) is 4.79. The molecule has 0 amide bonds. The van der Waals surface area contributed by atoms with Gasteiger partial charge in [0.15, 0.2) is 11.5 Å². The normalized spacial score (nSPS) is 14.0. The van der Waals surface area contributed by atoms with Gasteiger partial charge in [-0.2, -0.15) is 0 Å². The van der Waals surface area contributed by atoms with Crippen LogP contribution >= 0.6 is 0 Å². The Hall–Kier alpha value is -2.06. The SMILES string of the molecule is Cc1noc(C)c1CCNS(=O)(=O)c1ccc2c(c1)OCCO2. The highest BCUT2D eigenvalue weighted by Gasteiger charge is 2.19. The highest BCUT2D eigenvalue weighted by molar-refractivity contribution is 7.89. The molecule has 2 heterocycles. The number of benzene rings is 1. The van der Waals surface area contributed by atoms with Gasteiger partial charge in [0.25, 0.3) is 0 Å². The summed E-state index contributed by atoms with van der Waals surface area (Å²) in [5.74, 6) is 1.72. The Kier molecular flexibility index (Phi) is 4.27. The average Bonchev–Trinajstić information content (AvgIpc) is 2.86. The molecule has 0 unspecified atom stereocenters. The second-order valence-electron chi connectivity index (χ2n) is 5.26. The molecule has 0 aliphatic carbocycles. The van der Waals surface area contributed by atoms with E-state index in [4.69, 9.17) is 14.0 Å². The number of nitrogens with one attached hydrogen (secondary N) is 1. The molecule has 0 bridgehead atoms. The maximum Gasteiger partial charge on any atom is 0.240 e. The largest absolute Gasteiger partial charge is 0.486 e. The van der Waals surface area contributed by atoms with Gasteiger partial charge in [0.2, 0.25) is 10.0 Å². The Balaban J connectivity index is 1.69. The number of fused-ring (bicyclic) bond motifs is 1. The third kappa shape index (κ3) is 3.32. The summed E-state index contributed by atoms with van der Waals surface area (Å²) in [6, 6.07) is 4.59. The second-order valence-corrected chi connectivity index (χ2v) is 7.02. The lowest BCUT2D eigenvalue weighted by atomic mass is 10.1. The lowest BCUT2D eigenvalue weighted by Gasteiger charge is -2.18. The first-order valence-electron chi connectivity index (χ1n) is 7.28. The molecule has 8 heteroatoms. The van der Waals surface area contributed by atoms with Crippen molar-refractivity contribution >= 4 is 10.0 Å². The summed E-state index contributed by atoms with van der Waals surface area (Å²) >= 11 is 0. The molecule has 1 aliphatic rings. The van der Waals surface area contributed by atoms with Gasteiger partial charge in [-0.15, -0.1) is 0 Å². The molecule has 1 N–H and O–H groups in total. The van der Waals surface area contributed by atoms with Crippen LogP contribution in [0, 0.1) is 13.8 Å². The summed E-state index contributed by atoms with van der Waals surface area (Å²) in [5, 5.41) is 3.85. The predicted octanol–water partition coefficient (Wildman–Crippen LogP) is 1.58. The smallest absolute Gasteiger partial charge is 0.240 e. The van der Waals surface area contributed by atoms with Crippen molar-refractivity contribution in [3.05, 3.63) is 35.2 Å². The van der Waals surface area contributed by atoms with Crippen LogP contribution in [0.4, 0.5) is 0 Å². The van der Waals surface area contributed by atoms with Crippen molar-refractivity contribution in [3.63, 3.8) is 0 Å². The molecular formula is C15H18N2O5S. The van der Waals surface area contributed by atoms with Crippen LogP contribution < -0.4 is 14.2 Å². The zero-order valence-electron chi connectivity index (χ0n) is 13.0. The van der Waals surface area contributed by atoms with Gasteiger partial charge in [0.1, 0.15) is 19.0 Å². The molecule has 7 nitrogen and oxygen atoms in total. The summed E-state index contributed by atoms with van der Waals surface area (Å²) in [4.78, 5) is 0.153. The van der Waals surface area contributed by atoms with Gasteiger partial charge in [-0.3, -0.25) is 0 Å². The molecule has 0 spiro atoms. The summed E-state index contributed by atoms with van der Waals surface area (Å²) in [6.07, 6.45) is 0.519. The number of hydrogen-bond acceptors (Lipinski definition) is 6. The topological polar surface area (TPSA) is 90.7 Å². The number of nitrogens with zero attached hydrogens (tertiary/aromatic N) is 1. The highest BCUT2D eigenvalue weighted by atomic mass is 32.2. The van der Waals surface area contributed by atoms with Crippen molar-refractivity contribution in [1.29, 1.82) is 0 Å². The fourth-order valence-corrected chi connectivity index (χ4v) is 3.49. The van der Waals surface area contributed by atoms with Gasteiger partial charge in [-0.05, 0) is 32.4 Å². The molecule has 23 heavy (non-hydrogen) atoms. The van der Waals surface area contributed by atoms with E-state index in [0.29, 0.717) is 36.9 Å². The van der Waals surface area contributed by atoms with Crippen molar-refractivity contribution in [2.75, 3.05) is 19.8 Å². The Morgan fingerprint density at radius 1 is 1.17 bits per heavy atom. The maximum atomic E-state index is 12.4. The average molecular weight is 338 g/mol. The van der Waals surface area contributed by atoms with Gasteiger partial charge in [-0.25, -0.2) is 13.1 Å². The summed E-state index contributed by atoms with van der Waals surface area (Å²) < 4.78 is 43.2. The first kappa shape index (κ1) is 15.8. The second kappa shape index (κ2) is 6.21. The van der Waals surface area contributed by atoms with Gasteiger partial charge in [0.05, 0.1) is 10.6 Å². The summed E-state index contributed by atoms with van der Waals surface area (Å²) in [7, 11) is -3.61. The zero-order chi connectivity index (χ0) is 16.4. The van der Waals surface area contributed by atoms with Crippen LogP contribution in [0.3, 0.4) is 0 Å². The minimum absolute atomic E-state index is 0.153. The lowest BCUT2D eigenvalue weighted by Crippen LogP contribution is -2.26. The van der Waals surface area contributed by atoms with Crippen molar-refractivity contribution in [3.8, 4) is 11.5 Å². The maximum absolute atomic E-state index is 12.4. The molecule has 1 aromatic carbocycles. The predicted molar refractivity (Wildman–Crippen MR) is 82.3 cm³/mol. The molecule has 0 saturated carbocycles. The molecule has 124 valence electrons. The minimum atomic E-state index is -3.61. The van der Waals surface area contributed by atoms with E-state index < -0.39 is 10.0 Å². The number of hydrogen-bond donors (Lipinski definition) is 1.